The smallest absolute Gasteiger partial charge is 0.237 e. The normalized spacial score (nSPS) is 17.9. The van der Waals surface area contributed by atoms with Crippen molar-refractivity contribution in [1.82, 2.24) is 39.7 Å². The second-order valence-electron chi connectivity index (χ2n) is 13.0. The van der Waals surface area contributed by atoms with E-state index in [-0.39, 0.29) is 5.91 Å². The summed E-state index contributed by atoms with van der Waals surface area (Å²) in [5.74, 6) is 1.36. The van der Waals surface area contributed by atoms with Crippen molar-refractivity contribution in [3.8, 4) is 28.5 Å². The average Bonchev–Trinajstić information content (AvgIpc) is 3.91. The lowest BCUT2D eigenvalue weighted by Crippen LogP contribution is -2.44. The van der Waals surface area contributed by atoms with E-state index in [9.17, 15) is 4.79 Å². The van der Waals surface area contributed by atoms with Gasteiger partial charge in [-0.3, -0.25) is 19.5 Å². The number of carbonyl (C=O) groups excluding carboxylic acids is 1. The van der Waals surface area contributed by atoms with Crippen LogP contribution in [0.2, 0.25) is 0 Å². The van der Waals surface area contributed by atoms with Crippen LogP contribution in [0.4, 0.5) is 5.69 Å². The summed E-state index contributed by atoms with van der Waals surface area (Å²) in [5.41, 5.74) is 6.94. The van der Waals surface area contributed by atoms with Crippen molar-refractivity contribution in [2.24, 2.45) is 7.05 Å². The van der Waals surface area contributed by atoms with Gasteiger partial charge in [0.1, 0.15) is 24.2 Å². The standard InChI is InChI=1S/C38H43N9O4/c1-26(41-31-10-11-33-32(21-31)36(43-42-33)30-9-12-34(39-22-30)51-20-19-49-3)38(50-4)15-18-46(24-38)23-35(48)47-16-13-28(14-17-47)27-5-7-29(8-6-27)37-40-25-45(2)44-37/h5-13,21-22,25,41H,1,14-20,23-24H2,2-4H3,(H,42,43)/t38-/m0/s1. The van der Waals surface area contributed by atoms with Crippen molar-refractivity contribution in [3.63, 3.8) is 0 Å². The number of H-pyrrole nitrogens is 1. The molecule has 0 aliphatic carbocycles. The number of fused-ring (bicyclic) bond motifs is 1. The zero-order valence-electron chi connectivity index (χ0n) is 29.3. The number of amides is 1. The van der Waals surface area contributed by atoms with Gasteiger partial charge in [-0.1, -0.05) is 36.9 Å². The highest BCUT2D eigenvalue weighted by Gasteiger charge is 2.42. The first-order valence-corrected chi connectivity index (χ1v) is 17.1. The molecule has 0 bridgehead atoms. The zero-order valence-corrected chi connectivity index (χ0v) is 29.3. The lowest BCUT2D eigenvalue weighted by atomic mass is 9.98. The van der Waals surface area contributed by atoms with Crippen LogP contribution in [0.25, 0.3) is 39.1 Å². The van der Waals surface area contributed by atoms with E-state index in [0.717, 1.165) is 64.1 Å². The number of methoxy groups -OCH3 is 2. The van der Waals surface area contributed by atoms with Crippen LogP contribution in [0.3, 0.4) is 0 Å². The number of nitrogens with zero attached hydrogens (tertiary/aromatic N) is 7. The minimum atomic E-state index is -0.636. The van der Waals surface area contributed by atoms with Crippen molar-refractivity contribution in [2.45, 2.75) is 18.4 Å². The second-order valence-corrected chi connectivity index (χ2v) is 13.0. The Labute approximate surface area is 296 Å². The maximum absolute atomic E-state index is 13.4. The van der Waals surface area contributed by atoms with Crippen molar-refractivity contribution < 1.29 is 19.0 Å². The number of benzene rings is 2. The minimum absolute atomic E-state index is 0.120. The van der Waals surface area contributed by atoms with Gasteiger partial charge in [0, 0.05) is 87.6 Å². The summed E-state index contributed by atoms with van der Waals surface area (Å²) in [6, 6.07) is 18.1. The molecule has 0 spiro atoms. The molecule has 0 unspecified atom stereocenters. The number of carbonyl (C=O) groups is 1. The van der Waals surface area contributed by atoms with E-state index in [0.29, 0.717) is 51.1 Å². The molecule has 5 heterocycles. The fourth-order valence-electron chi connectivity index (χ4n) is 6.72. The highest BCUT2D eigenvalue weighted by Crippen LogP contribution is 2.34. The van der Waals surface area contributed by atoms with Crippen LogP contribution in [0.15, 0.2) is 85.5 Å². The second kappa shape index (κ2) is 14.9. The number of likely N-dealkylation sites (tertiary alicyclic amines) is 1. The van der Waals surface area contributed by atoms with Gasteiger partial charge in [-0.15, -0.1) is 0 Å². The van der Waals surface area contributed by atoms with Crippen LogP contribution in [-0.2, 0) is 21.3 Å². The molecular formula is C38H43N9O4. The molecule has 7 rings (SSSR count). The summed E-state index contributed by atoms with van der Waals surface area (Å²) >= 11 is 0. The molecule has 1 amide bonds. The Morgan fingerprint density at radius 1 is 1.02 bits per heavy atom. The third kappa shape index (κ3) is 7.41. The first kappa shape index (κ1) is 34.1. The Bertz CT molecular complexity index is 2040. The highest BCUT2D eigenvalue weighted by atomic mass is 16.5. The lowest BCUT2D eigenvalue weighted by Gasteiger charge is -2.32. The van der Waals surface area contributed by atoms with Gasteiger partial charge in [0.25, 0.3) is 0 Å². The Kier molecular flexibility index (Phi) is 9.93. The maximum Gasteiger partial charge on any atom is 0.237 e. The van der Waals surface area contributed by atoms with E-state index in [4.69, 9.17) is 14.2 Å². The molecule has 1 saturated heterocycles. The van der Waals surface area contributed by atoms with Gasteiger partial charge in [-0.2, -0.15) is 10.2 Å². The molecule has 1 fully saturated rings. The predicted molar refractivity (Wildman–Crippen MR) is 196 cm³/mol. The third-order valence-electron chi connectivity index (χ3n) is 9.69. The molecule has 2 aliphatic heterocycles. The number of aromatic nitrogens is 6. The first-order valence-electron chi connectivity index (χ1n) is 17.1. The van der Waals surface area contributed by atoms with Gasteiger partial charge in [0.05, 0.1) is 18.7 Å². The molecular weight excluding hydrogens is 646 g/mol. The molecule has 0 saturated carbocycles. The third-order valence-corrected chi connectivity index (χ3v) is 9.69. The summed E-state index contributed by atoms with van der Waals surface area (Å²) in [6.45, 7) is 8.24. The number of hydrogen-bond donors (Lipinski definition) is 2. The topological polar surface area (TPSA) is 136 Å². The summed E-state index contributed by atoms with van der Waals surface area (Å²) < 4.78 is 18.5. The number of anilines is 1. The van der Waals surface area contributed by atoms with Crippen molar-refractivity contribution in [3.05, 3.63) is 91.0 Å². The predicted octanol–water partition coefficient (Wildman–Crippen LogP) is 4.78. The molecule has 2 aromatic carbocycles. The monoisotopic (exact) mass is 689 g/mol. The fraction of sp³-hybridized carbons (Fsp3) is 0.342. The maximum atomic E-state index is 13.4. The van der Waals surface area contributed by atoms with Crippen LogP contribution < -0.4 is 10.1 Å². The number of hydrogen-bond acceptors (Lipinski definition) is 10. The Morgan fingerprint density at radius 2 is 1.84 bits per heavy atom. The van der Waals surface area contributed by atoms with E-state index in [1.807, 2.05) is 54.4 Å². The van der Waals surface area contributed by atoms with E-state index in [1.54, 1.807) is 31.4 Å². The van der Waals surface area contributed by atoms with Crippen molar-refractivity contribution >= 4 is 28.1 Å². The average molecular weight is 690 g/mol. The molecule has 3 aromatic heterocycles. The Hall–Kier alpha value is -5.37. The summed E-state index contributed by atoms with van der Waals surface area (Å²) in [6.07, 6.45) is 7.15. The minimum Gasteiger partial charge on any atom is -0.475 e. The van der Waals surface area contributed by atoms with Crippen LogP contribution in [0.1, 0.15) is 18.4 Å². The summed E-state index contributed by atoms with van der Waals surface area (Å²) in [5, 5.41) is 16.5. The fourth-order valence-corrected chi connectivity index (χ4v) is 6.72. The van der Waals surface area contributed by atoms with Gasteiger partial charge >= 0.3 is 0 Å². The van der Waals surface area contributed by atoms with Crippen LogP contribution in [-0.4, -0.2) is 111 Å². The van der Waals surface area contributed by atoms with Crippen LogP contribution in [0.5, 0.6) is 5.88 Å². The summed E-state index contributed by atoms with van der Waals surface area (Å²) in [7, 11) is 5.20. The van der Waals surface area contributed by atoms with Crippen molar-refractivity contribution in [1.29, 1.82) is 0 Å². The quantitative estimate of drug-likeness (QED) is 0.166. The molecule has 2 aliphatic rings. The Morgan fingerprint density at radius 3 is 2.55 bits per heavy atom. The zero-order chi connectivity index (χ0) is 35.4. The number of nitrogens with one attached hydrogen (secondary N) is 2. The lowest BCUT2D eigenvalue weighted by molar-refractivity contribution is -0.131. The number of aryl methyl sites for hydroxylation is 1. The number of ether oxygens (including phenoxy) is 3. The SMILES string of the molecule is C=C(Nc1ccc2[nH]nc(-c3ccc(OCCOC)nc3)c2c1)[C@]1(OC)CCN(CC(=O)N2CC=C(c3ccc(-c4ncn(C)n4)cc3)CC2)C1. The van der Waals surface area contributed by atoms with E-state index >= 15 is 0 Å². The summed E-state index contributed by atoms with van der Waals surface area (Å²) in [4.78, 5) is 26.3. The molecule has 264 valence electrons. The Balaban J connectivity index is 0.946. The van der Waals surface area contributed by atoms with Gasteiger partial charge in [0.2, 0.25) is 11.8 Å². The van der Waals surface area contributed by atoms with Crippen molar-refractivity contribution in [2.75, 3.05) is 65.5 Å². The van der Waals surface area contributed by atoms with Gasteiger partial charge in [-0.05, 0) is 48.2 Å². The van der Waals surface area contributed by atoms with Crippen LogP contribution in [0, 0.1) is 0 Å². The van der Waals surface area contributed by atoms with Gasteiger partial charge in [0.15, 0.2) is 5.82 Å². The van der Waals surface area contributed by atoms with E-state index in [1.165, 1.54) is 5.57 Å². The molecule has 2 N–H and O–H groups in total. The molecule has 5 aromatic rings. The molecule has 13 nitrogen and oxygen atoms in total. The number of pyridine rings is 1. The van der Waals surface area contributed by atoms with Crippen LogP contribution >= 0.6 is 0 Å². The number of rotatable bonds is 13. The van der Waals surface area contributed by atoms with E-state index < -0.39 is 5.60 Å². The highest BCUT2D eigenvalue weighted by molar-refractivity contribution is 5.95. The molecule has 0 radical (unpaired) electrons. The molecule has 1 atom stereocenters. The molecule has 13 heteroatoms. The van der Waals surface area contributed by atoms with Gasteiger partial charge < -0.3 is 24.4 Å². The van der Waals surface area contributed by atoms with E-state index in [2.05, 4.69) is 60.3 Å². The largest absolute Gasteiger partial charge is 0.475 e. The molecule has 51 heavy (non-hydrogen) atoms. The number of aromatic amines is 1. The van der Waals surface area contributed by atoms with Gasteiger partial charge in [-0.25, -0.2) is 9.97 Å². The first-order chi connectivity index (χ1) is 24.8.